The number of nitrogens with zero attached hydrogens (tertiary/aromatic N) is 1. The van der Waals surface area contributed by atoms with E-state index in [1.807, 2.05) is 13.8 Å². The summed E-state index contributed by atoms with van der Waals surface area (Å²) in [5.74, 6) is 0.108. The maximum atomic E-state index is 11.7. The first-order chi connectivity index (χ1) is 7.11. The molecule has 0 radical (unpaired) electrons. The van der Waals surface area contributed by atoms with E-state index in [2.05, 4.69) is 11.9 Å². The van der Waals surface area contributed by atoms with Crippen LogP contribution in [0.4, 0.5) is 0 Å². The first-order valence-corrected chi connectivity index (χ1v) is 5.23. The molecule has 0 rings (SSSR count). The van der Waals surface area contributed by atoms with Crippen molar-refractivity contribution < 1.29 is 9.53 Å². The molecule has 0 atom stereocenters. The lowest BCUT2D eigenvalue weighted by Gasteiger charge is -2.21. The Morgan fingerprint density at radius 2 is 2.20 bits per heavy atom. The normalized spacial score (nSPS) is 10.1. The standard InChI is InChI=1S/C11H22N2O2/c1-5-13(9-10(2)3)11(14)8-12-6-7-15-4/h12H,2,5-9H2,1,3-4H3. The van der Waals surface area contributed by atoms with Crippen molar-refractivity contribution in [3.8, 4) is 0 Å². The molecule has 0 aromatic heterocycles. The van der Waals surface area contributed by atoms with E-state index >= 15 is 0 Å². The number of ether oxygens (including phenoxy) is 1. The molecule has 0 bridgehead atoms. The van der Waals surface area contributed by atoms with Gasteiger partial charge in [0.15, 0.2) is 0 Å². The lowest BCUT2D eigenvalue weighted by atomic mass is 10.3. The van der Waals surface area contributed by atoms with Crippen LogP contribution in [0.3, 0.4) is 0 Å². The minimum absolute atomic E-state index is 0.108. The molecule has 88 valence electrons. The molecule has 1 N–H and O–H groups in total. The van der Waals surface area contributed by atoms with Crippen LogP contribution < -0.4 is 5.32 Å². The van der Waals surface area contributed by atoms with Gasteiger partial charge in [0.25, 0.3) is 0 Å². The summed E-state index contributed by atoms with van der Waals surface area (Å²) in [4.78, 5) is 13.4. The Morgan fingerprint density at radius 3 is 2.67 bits per heavy atom. The Balaban J connectivity index is 3.78. The van der Waals surface area contributed by atoms with Gasteiger partial charge in [0.2, 0.25) is 5.91 Å². The van der Waals surface area contributed by atoms with Gasteiger partial charge in [-0.3, -0.25) is 4.79 Å². The minimum atomic E-state index is 0.108. The first kappa shape index (κ1) is 14.1. The Hall–Kier alpha value is -0.870. The molecule has 0 spiro atoms. The van der Waals surface area contributed by atoms with E-state index in [0.29, 0.717) is 26.2 Å². The lowest BCUT2D eigenvalue weighted by Crippen LogP contribution is -2.39. The highest BCUT2D eigenvalue weighted by molar-refractivity contribution is 5.78. The molecular weight excluding hydrogens is 192 g/mol. The fraction of sp³-hybridized carbons (Fsp3) is 0.727. The van der Waals surface area contributed by atoms with E-state index < -0.39 is 0 Å². The monoisotopic (exact) mass is 214 g/mol. The quantitative estimate of drug-likeness (QED) is 0.476. The van der Waals surface area contributed by atoms with Gasteiger partial charge < -0.3 is 15.0 Å². The van der Waals surface area contributed by atoms with Gasteiger partial charge in [-0.2, -0.15) is 0 Å². The number of rotatable bonds is 8. The van der Waals surface area contributed by atoms with Crippen molar-refractivity contribution in [3.63, 3.8) is 0 Å². The van der Waals surface area contributed by atoms with E-state index in [4.69, 9.17) is 4.74 Å². The summed E-state index contributed by atoms with van der Waals surface area (Å²) in [6, 6.07) is 0. The van der Waals surface area contributed by atoms with Crippen LogP contribution in [0.2, 0.25) is 0 Å². The fourth-order valence-electron chi connectivity index (χ4n) is 1.18. The summed E-state index contributed by atoms with van der Waals surface area (Å²) < 4.78 is 4.87. The van der Waals surface area contributed by atoms with Crippen molar-refractivity contribution in [1.29, 1.82) is 0 Å². The van der Waals surface area contributed by atoms with Crippen LogP contribution in [0.15, 0.2) is 12.2 Å². The molecule has 0 saturated carbocycles. The van der Waals surface area contributed by atoms with Gasteiger partial charge in [-0.1, -0.05) is 12.2 Å². The predicted octanol–water partition coefficient (Wildman–Crippen LogP) is 0.647. The second-order valence-corrected chi connectivity index (χ2v) is 3.53. The van der Waals surface area contributed by atoms with Gasteiger partial charge in [-0.25, -0.2) is 0 Å². The van der Waals surface area contributed by atoms with Gasteiger partial charge in [0, 0.05) is 26.7 Å². The average molecular weight is 214 g/mol. The molecule has 0 saturated heterocycles. The van der Waals surface area contributed by atoms with Crippen molar-refractivity contribution >= 4 is 5.91 Å². The SMILES string of the molecule is C=C(C)CN(CC)C(=O)CNCCOC. The minimum Gasteiger partial charge on any atom is -0.383 e. The van der Waals surface area contributed by atoms with Crippen LogP contribution in [0.25, 0.3) is 0 Å². The molecule has 0 aliphatic heterocycles. The summed E-state index contributed by atoms with van der Waals surface area (Å²) in [7, 11) is 1.64. The maximum Gasteiger partial charge on any atom is 0.236 e. The molecular formula is C11H22N2O2. The number of carbonyl (C=O) groups excluding carboxylic acids is 1. The van der Waals surface area contributed by atoms with E-state index in [1.54, 1.807) is 12.0 Å². The molecule has 4 nitrogen and oxygen atoms in total. The smallest absolute Gasteiger partial charge is 0.236 e. The molecule has 0 unspecified atom stereocenters. The Morgan fingerprint density at radius 1 is 1.53 bits per heavy atom. The van der Waals surface area contributed by atoms with Gasteiger partial charge in [-0.05, 0) is 13.8 Å². The molecule has 0 heterocycles. The van der Waals surface area contributed by atoms with Gasteiger partial charge >= 0.3 is 0 Å². The Kier molecular flexibility index (Phi) is 7.95. The third kappa shape index (κ3) is 7.11. The zero-order chi connectivity index (χ0) is 11.7. The average Bonchev–Trinajstić information content (AvgIpc) is 2.20. The van der Waals surface area contributed by atoms with Gasteiger partial charge in [-0.15, -0.1) is 0 Å². The highest BCUT2D eigenvalue weighted by Crippen LogP contribution is 1.95. The predicted molar refractivity (Wildman–Crippen MR) is 61.8 cm³/mol. The van der Waals surface area contributed by atoms with E-state index in [0.717, 1.165) is 12.1 Å². The summed E-state index contributed by atoms with van der Waals surface area (Å²) in [5, 5.41) is 3.03. The Bertz CT molecular complexity index is 205. The molecule has 15 heavy (non-hydrogen) atoms. The highest BCUT2D eigenvalue weighted by Gasteiger charge is 2.10. The molecule has 0 aromatic carbocycles. The lowest BCUT2D eigenvalue weighted by molar-refractivity contribution is -0.129. The van der Waals surface area contributed by atoms with Crippen LogP contribution in [-0.2, 0) is 9.53 Å². The third-order valence-corrected chi connectivity index (χ3v) is 1.95. The first-order valence-electron chi connectivity index (χ1n) is 5.23. The zero-order valence-corrected chi connectivity index (χ0v) is 10.0. The second-order valence-electron chi connectivity index (χ2n) is 3.53. The number of hydrogen-bond acceptors (Lipinski definition) is 3. The maximum absolute atomic E-state index is 11.7. The van der Waals surface area contributed by atoms with Crippen LogP contribution in [0.1, 0.15) is 13.8 Å². The van der Waals surface area contributed by atoms with Crippen LogP contribution in [0.5, 0.6) is 0 Å². The number of carbonyl (C=O) groups is 1. The van der Waals surface area contributed by atoms with Crippen LogP contribution >= 0.6 is 0 Å². The molecule has 0 fully saturated rings. The number of methoxy groups -OCH3 is 1. The topological polar surface area (TPSA) is 41.6 Å². The van der Waals surface area contributed by atoms with Crippen molar-refractivity contribution in [2.75, 3.05) is 39.9 Å². The van der Waals surface area contributed by atoms with Crippen LogP contribution in [-0.4, -0.2) is 50.7 Å². The van der Waals surface area contributed by atoms with Gasteiger partial charge in [0.1, 0.15) is 0 Å². The Labute approximate surface area is 92.3 Å². The fourth-order valence-corrected chi connectivity index (χ4v) is 1.18. The van der Waals surface area contributed by atoms with Gasteiger partial charge in [0.05, 0.1) is 13.2 Å². The summed E-state index contributed by atoms with van der Waals surface area (Å²) in [6.45, 7) is 10.7. The number of likely N-dealkylation sites (N-methyl/N-ethyl adjacent to an activating group) is 1. The summed E-state index contributed by atoms with van der Waals surface area (Å²) in [5.41, 5.74) is 1.00. The molecule has 1 amide bonds. The van der Waals surface area contributed by atoms with Crippen LogP contribution in [0, 0.1) is 0 Å². The summed E-state index contributed by atoms with van der Waals surface area (Å²) in [6.07, 6.45) is 0. The van der Waals surface area contributed by atoms with E-state index in [9.17, 15) is 4.79 Å². The number of amides is 1. The molecule has 0 aliphatic rings. The van der Waals surface area contributed by atoms with Crippen molar-refractivity contribution in [3.05, 3.63) is 12.2 Å². The molecule has 0 aliphatic carbocycles. The van der Waals surface area contributed by atoms with E-state index in [1.165, 1.54) is 0 Å². The third-order valence-electron chi connectivity index (χ3n) is 1.95. The largest absolute Gasteiger partial charge is 0.383 e. The summed E-state index contributed by atoms with van der Waals surface area (Å²) >= 11 is 0. The second kappa shape index (κ2) is 8.44. The molecule has 0 aromatic rings. The van der Waals surface area contributed by atoms with E-state index in [-0.39, 0.29) is 5.91 Å². The van der Waals surface area contributed by atoms with Crippen molar-refractivity contribution in [2.24, 2.45) is 0 Å². The molecule has 4 heteroatoms. The highest BCUT2D eigenvalue weighted by atomic mass is 16.5. The van der Waals surface area contributed by atoms with Crippen molar-refractivity contribution in [2.45, 2.75) is 13.8 Å². The number of nitrogens with one attached hydrogen (secondary N) is 1. The zero-order valence-electron chi connectivity index (χ0n) is 10.0. The number of hydrogen-bond donors (Lipinski definition) is 1. The van der Waals surface area contributed by atoms with Crippen molar-refractivity contribution in [1.82, 2.24) is 10.2 Å².